The molecule has 2 aliphatic heterocycles. The standard InChI is InChI=1S/C16H26N2O4S/c1-12-7-13(16(21)22)9-18(8-12)15(20)11-23-10-14(19)17-5-3-2-4-6-17/h12-13H,2-11H2,1H3,(H,21,22). The second kappa shape index (κ2) is 8.57. The van der Waals surface area contributed by atoms with Crippen molar-refractivity contribution in [3.05, 3.63) is 0 Å². The summed E-state index contributed by atoms with van der Waals surface area (Å²) in [4.78, 5) is 39.0. The zero-order valence-corrected chi connectivity index (χ0v) is 14.5. The molecule has 2 atom stereocenters. The molecule has 2 fully saturated rings. The van der Waals surface area contributed by atoms with Gasteiger partial charge in [-0.15, -0.1) is 11.8 Å². The molecule has 2 rings (SSSR count). The van der Waals surface area contributed by atoms with Crippen LogP contribution in [0.3, 0.4) is 0 Å². The van der Waals surface area contributed by atoms with Crippen molar-refractivity contribution in [3.8, 4) is 0 Å². The molecular weight excluding hydrogens is 316 g/mol. The maximum atomic E-state index is 12.3. The van der Waals surface area contributed by atoms with Crippen molar-refractivity contribution in [1.29, 1.82) is 0 Å². The van der Waals surface area contributed by atoms with E-state index in [0.29, 0.717) is 25.3 Å². The predicted molar refractivity (Wildman–Crippen MR) is 89.2 cm³/mol. The molecule has 2 saturated heterocycles. The number of aliphatic carboxylic acids is 1. The van der Waals surface area contributed by atoms with Crippen LogP contribution in [0.2, 0.25) is 0 Å². The van der Waals surface area contributed by atoms with Crippen LogP contribution < -0.4 is 0 Å². The molecule has 1 N–H and O–H groups in total. The first-order chi connectivity index (χ1) is 11.0. The SMILES string of the molecule is CC1CC(C(=O)O)CN(C(=O)CSCC(=O)N2CCCCC2)C1. The van der Waals surface area contributed by atoms with Crippen LogP contribution in [0, 0.1) is 11.8 Å². The van der Waals surface area contributed by atoms with Gasteiger partial charge in [0.25, 0.3) is 0 Å². The predicted octanol–water partition coefficient (Wildman–Crippen LogP) is 1.30. The van der Waals surface area contributed by atoms with Crippen molar-refractivity contribution in [2.24, 2.45) is 11.8 Å². The molecule has 0 saturated carbocycles. The second-order valence-electron chi connectivity index (χ2n) is 6.61. The van der Waals surface area contributed by atoms with Crippen LogP contribution in [0.5, 0.6) is 0 Å². The summed E-state index contributed by atoms with van der Waals surface area (Å²) in [5, 5.41) is 9.16. The van der Waals surface area contributed by atoms with Gasteiger partial charge in [0.05, 0.1) is 17.4 Å². The molecule has 2 aliphatic rings. The van der Waals surface area contributed by atoms with Gasteiger partial charge in [-0.05, 0) is 31.6 Å². The number of nitrogens with zero attached hydrogens (tertiary/aromatic N) is 2. The molecule has 0 spiro atoms. The third kappa shape index (κ3) is 5.41. The number of carbonyl (C=O) groups excluding carboxylic acids is 2. The quantitative estimate of drug-likeness (QED) is 0.815. The number of carboxylic acid groups (broad SMARTS) is 1. The Morgan fingerprint density at radius 3 is 2.22 bits per heavy atom. The number of amides is 2. The summed E-state index contributed by atoms with van der Waals surface area (Å²) >= 11 is 1.34. The van der Waals surface area contributed by atoms with Gasteiger partial charge in [-0.2, -0.15) is 0 Å². The average molecular weight is 342 g/mol. The molecule has 23 heavy (non-hydrogen) atoms. The number of carbonyl (C=O) groups is 3. The molecule has 0 aromatic rings. The van der Waals surface area contributed by atoms with Gasteiger partial charge in [-0.3, -0.25) is 14.4 Å². The van der Waals surface area contributed by atoms with Crippen LogP contribution in [-0.4, -0.2) is 70.4 Å². The molecular formula is C16H26N2O4S. The Labute approximate surface area is 141 Å². The zero-order valence-electron chi connectivity index (χ0n) is 13.7. The highest BCUT2D eigenvalue weighted by Gasteiger charge is 2.31. The summed E-state index contributed by atoms with van der Waals surface area (Å²) in [6.45, 7) is 4.54. The van der Waals surface area contributed by atoms with E-state index in [1.165, 1.54) is 18.2 Å². The van der Waals surface area contributed by atoms with Gasteiger partial charge in [0.1, 0.15) is 0 Å². The van der Waals surface area contributed by atoms with Crippen LogP contribution in [0.25, 0.3) is 0 Å². The summed E-state index contributed by atoms with van der Waals surface area (Å²) in [5.41, 5.74) is 0. The topological polar surface area (TPSA) is 77.9 Å². The summed E-state index contributed by atoms with van der Waals surface area (Å²) in [7, 11) is 0. The minimum atomic E-state index is -0.831. The second-order valence-corrected chi connectivity index (χ2v) is 7.59. The lowest BCUT2D eigenvalue weighted by Gasteiger charge is -2.34. The lowest BCUT2D eigenvalue weighted by Crippen LogP contribution is -2.46. The van der Waals surface area contributed by atoms with Crippen molar-refractivity contribution in [3.63, 3.8) is 0 Å². The Morgan fingerprint density at radius 1 is 1.00 bits per heavy atom. The molecule has 2 unspecified atom stereocenters. The third-order valence-electron chi connectivity index (χ3n) is 4.52. The molecule has 130 valence electrons. The molecule has 0 bridgehead atoms. The van der Waals surface area contributed by atoms with Crippen molar-refractivity contribution in [1.82, 2.24) is 9.80 Å². The Hall–Kier alpha value is -1.24. The molecule has 2 amide bonds. The van der Waals surface area contributed by atoms with E-state index >= 15 is 0 Å². The van der Waals surface area contributed by atoms with E-state index in [9.17, 15) is 14.4 Å². The Balaban J connectivity index is 1.73. The van der Waals surface area contributed by atoms with Crippen LogP contribution in [0.1, 0.15) is 32.6 Å². The van der Waals surface area contributed by atoms with E-state index < -0.39 is 11.9 Å². The van der Waals surface area contributed by atoms with E-state index in [1.54, 1.807) is 4.90 Å². The first-order valence-electron chi connectivity index (χ1n) is 8.33. The summed E-state index contributed by atoms with van der Waals surface area (Å²) in [6, 6.07) is 0. The average Bonchev–Trinajstić information content (AvgIpc) is 2.54. The summed E-state index contributed by atoms with van der Waals surface area (Å²) < 4.78 is 0. The van der Waals surface area contributed by atoms with Crippen molar-refractivity contribution >= 4 is 29.5 Å². The van der Waals surface area contributed by atoms with Crippen molar-refractivity contribution < 1.29 is 19.5 Å². The lowest BCUT2D eigenvalue weighted by atomic mass is 9.90. The number of carboxylic acids is 1. The Morgan fingerprint density at radius 2 is 1.61 bits per heavy atom. The van der Waals surface area contributed by atoms with E-state index in [2.05, 4.69) is 0 Å². The minimum absolute atomic E-state index is 0.0563. The highest BCUT2D eigenvalue weighted by atomic mass is 32.2. The van der Waals surface area contributed by atoms with Crippen LogP contribution in [-0.2, 0) is 14.4 Å². The Bertz CT molecular complexity index is 451. The summed E-state index contributed by atoms with van der Waals surface area (Å²) in [5.74, 6) is -0.466. The monoisotopic (exact) mass is 342 g/mol. The number of likely N-dealkylation sites (tertiary alicyclic amines) is 2. The van der Waals surface area contributed by atoms with Gasteiger partial charge in [-0.25, -0.2) is 0 Å². The fourth-order valence-corrected chi connectivity index (χ4v) is 4.10. The molecule has 6 nitrogen and oxygen atoms in total. The van der Waals surface area contributed by atoms with Gasteiger partial charge >= 0.3 is 5.97 Å². The van der Waals surface area contributed by atoms with Crippen LogP contribution in [0.15, 0.2) is 0 Å². The number of piperidine rings is 2. The highest BCUT2D eigenvalue weighted by molar-refractivity contribution is 8.00. The summed E-state index contributed by atoms with van der Waals surface area (Å²) in [6.07, 6.45) is 3.95. The zero-order chi connectivity index (χ0) is 16.8. The molecule has 0 aromatic carbocycles. The third-order valence-corrected chi connectivity index (χ3v) is 5.42. The fraction of sp³-hybridized carbons (Fsp3) is 0.812. The highest BCUT2D eigenvalue weighted by Crippen LogP contribution is 2.22. The van der Waals surface area contributed by atoms with Gasteiger partial charge in [-0.1, -0.05) is 6.92 Å². The minimum Gasteiger partial charge on any atom is -0.481 e. The van der Waals surface area contributed by atoms with Gasteiger partial charge < -0.3 is 14.9 Å². The van der Waals surface area contributed by atoms with Gasteiger partial charge in [0.2, 0.25) is 11.8 Å². The van der Waals surface area contributed by atoms with E-state index in [-0.39, 0.29) is 23.5 Å². The number of hydrogen-bond acceptors (Lipinski definition) is 4. The fourth-order valence-electron chi connectivity index (χ4n) is 3.29. The normalized spacial score (nSPS) is 25.3. The maximum absolute atomic E-state index is 12.3. The first kappa shape index (κ1) is 18.1. The Kier molecular flexibility index (Phi) is 6.74. The largest absolute Gasteiger partial charge is 0.481 e. The molecule has 0 radical (unpaired) electrons. The number of thioether (sulfide) groups is 1. The van der Waals surface area contributed by atoms with Crippen LogP contribution in [0.4, 0.5) is 0 Å². The van der Waals surface area contributed by atoms with E-state index in [1.807, 2.05) is 11.8 Å². The van der Waals surface area contributed by atoms with Crippen molar-refractivity contribution in [2.75, 3.05) is 37.7 Å². The number of rotatable bonds is 5. The van der Waals surface area contributed by atoms with Gasteiger partial charge in [0, 0.05) is 26.2 Å². The van der Waals surface area contributed by atoms with E-state index in [4.69, 9.17) is 5.11 Å². The molecule has 2 heterocycles. The first-order valence-corrected chi connectivity index (χ1v) is 9.49. The smallest absolute Gasteiger partial charge is 0.308 e. The van der Waals surface area contributed by atoms with Gasteiger partial charge in [0.15, 0.2) is 0 Å². The lowest BCUT2D eigenvalue weighted by molar-refractivity contribution is -0.146. The van der Waals surface area contributed by atoms with Crippen molar-refractivity contribution in [2.45, 2.75) is 32.6 Å². The van der Waals surface area contributed by atoms with E-state index in [0.717, 1.165) is 25.9 Å². The maximum Gasteiger partial charge on any atom is 0.308 e. The molecule has 7 heteroatoms. The van der Waals surface area contributed by atoms with Crippen LogP contribution >= 0.6 is 11.8 Å². The molecule has 0 aliphatic carbocycles. The number of hydrogen-bond donors (Lipinski definition) is 1. The molecule has 0 aromatic heterocycles.